The van der Waals surface area contributed by atoms with Crippen molar-refractivity contribution in [2.75, 3.05) is 0 Å². The van der Waals surface area contributed by atoms with Gasteiger partial charge in [0.2, 0.25) is 0 Å². The maximum atomic E-state index is 13.6. The molecule has 146 valence electrons. The van der Waals surface area contributed by atoms with Crippen LogP contribution in [0.25, 0.3) is 22.6 Å². The highest BCUT2D eigenvalue weighted by molar-refractivity contribution is 5.98. The first-order valence-electron chi connectivity index (χ1n) is 9.33. The van der Waals surface area contributed by atoms with Crippen molar-refractivity contribution < 1.29 is 14.3 Å². The average Bonchev–Trinajstić information content (AvgIpc) is 3.09. The molecule has 1 heterocycles. The normalized spacial score (nSPS) is 11.4. The van der Waals surface area contributed by atoms with Gasteiger partial charge in [-0.05, 0) is 47.5 Å². The molecule has 0 amide bonds. The van der Waals surface area contributed by atoms with Crippen LogP contribution in [0.4, 0.5) is 4.39 Å². The molecule has 3 aromatic carbocycles. The molecule has 0 aliphatic rings. The van der Waals surface area contributed by atoms with Gasteiger partial charge < -0.3 is 9.67 Å². The van der Waals surface area contributed by atoms with E-state index in [9.17, 15) is 19.6 Å². The van der Waals surface area contributed by atoms with E-state index in [4.69, 9.17) is 0 Å². The minimum absolute atomic E-state index is 0.238. The fourth-order valence-electron chi connectivity index (χ4n) is 3.51. The molecule has 0 fully saturated rings. The van der Waals surface area contributed by atoms with Crippen LogP contribution in [-0.2, 0) is 6.54 Å². The maximum Gasteiger partial charge on any atom is 0.335 e. The standard InChI is InChI=1S/C25H17FN2O2/c26-22-8-4-6-18(13-22)20(14-27)12-21-16-28(24-10-2-1-9-23(21)24)15-17-5-3-7-19(11-17)25(29)30/h1-13,16H,15H2,(H,29,30). The molecule has 4 rings (SSSR count). The van der Waals surface area contributed by atoms with E-state index in [0.717, 1.165) is 22.0 Å². The van der Waals surface area contributed by atoms with E-state index in [1.165, 1.54) is 12.1 Å². The topological polar surface area (TPSA) is 66.0 Å². The summed E-state index contributed by atoms with van der Waals surface area (Å²) < 4.78 is 15.6. The molecule has 0 aliphatic heterocycles. The summed E-state index contributed by atoms with van der Waals surface area (Å²) in [6, 6.07) is 22.7. The fraction of sp³-hybridized carbons (Fsp3) is 0.0400. The van der Waals surface area contributed by atoms with Crippen LogP contribution < -0.4 is 0 Å². The first-order valence-corrected chi connectivity index (χ1v) is 9.33. The second-order valence-electron chi connectivity index (χ2n) is 6.92. The van der Waals surface area contributed by atoms with Crippen molar-refractivity contribution in [3.05, 3.63) is 107 Å². The largest absolute Gasteiger partial charge is 0.478 e. The Morgan fingerprint density at radius 2 is 1.80 bits per heavy atom. The van der Waals surface area contributed by atoms with Gasteiger partial charge in [0.15, 0.2) is 0 Å². The molecule has 5 heteroatoms. The van der Waals surface area contributed by atoms with Crippen LogP contribution in [0.15, 0.2) is 79.0 Å². The highest BCUT2D eigenvalue weighted by Gasteiger charge is 2.11. The number of nitrogens with zero attached hydrogens (tertiary/aromatic N) is 2. The molecule has 0 radical (unpaired) electrons. The number of nitriles is 1. The van der Waals surface area contributed by atoms with Crippen LogP contribution in [0.3, 0.4) is 0 Å². The van der Waals surface area contributed by atoms with Crippen LogP contribution in [0.2, 0.25) is 0 Å². The third kappa shape index (κ3) is 3.85. The number of carboxylic acids is 1. The lowest BCUT2D eigenvalue weighted by Gasteiger charge is -2.06. The number of allylic oxidation sites excluding steroid dienone is 1. The summed E-state index contributed by atoms with van der Waals surface area (Å²) in [6.45, 7) is 0.483. The van der Waals surface area contributed by atoms with Crippen molar-refractivity contribution >= 4 is 28.5 Å². The van der Waals surface area contributed by atoms with Crippen LogP contribution >= 0.6 is 0 Å². The maximum absolute atomic E-state index is 13.6. The average molecular weight is 396 g/mol. The van der Waals surface area contributed by atoms with E-state index in [0.29, 0.717) is 17.7 Å². The Bertz CT molecular complexity index is 1330. The molecule has 1 aromatic heterocycles. The number of benzene rings is 3. The Hall–Kier alpha value is -4.17. The third-order valence-electron chi connectivity index (χ3n) is 4.90. The van der Waals surface area contributed by atoms with Gasteiger partial charge in [0.25, 0.3) is 0 Å². The zero-order valence-electron chi connectivity index (χ0n) is 15.9. The van der Waals surface area contributed by atoms with Crippen molar-refractivity contribution in [1.82, 2.24) is 4.57 Å². The summed E-state index contributed by atoms with van der Waals surface area (Å²) in [6.07, 6.45) is 3.68. The lowest BCUT2D eigenvalue weighted by atomic mass is 10.0. The van der Waals surface area contributed by atoms with E-state index >= 15 is 0 Å². The molecule has 0 aliphatic carbocycles. The highest BCUT2D eigenvalue weighted by atomic mass is 19.1. The summed E-state index contributed by atoms with van der Waals surface area (Å²) in [7, 11) is 0. The molecule has 0 bridgehead atoms. The molecule has 0 atom stereocenters. The second kappa shape index (κ2) is 8.06. The lowest BCUT2D eigenvalue weighted by molar-refractivity contribution is 0.0696. The van der Waals surface area contributed by atoms with Gasteiger partial charge in [-0.25, -0.2) is 9.18 Å². The number of hydrogen-bond donors (Lipinski definition) is 1. The Kier molecular flexibility index (Phi) is 5.15. The summed E-state index contributed by atoms with van der Waals surface area (Å²) in [5, 5.41) is 19.8. The zero-order valence-corrected chi connectivity index (χ0v) is 15.9. The van der Waals surface area contributed by atoms with Gasteiger partial charge in [-0.3, -0.25) is 0 Å². The Labute approximate surface area is 172 Å². The SMILES string of the molecule is N#CC(=Cc1cn(Cc2cccc(C(=O)O)c2)c2ccccc12)c1cccc(F)c1. The fourth-order valence-corrected chi connectivity index (χ4v) is 3.51. The van der Waals surface area contributed by atoms with Crippen molar-refractivity contribution in [3.63, 3.8) is 0 Å². The minimum atomic E-state index is -0.966. The summed E-state index contributed by atoms with van der Waals surface area (Å²) in [5.74, 6) is -1.36. The number of halogens is 1. The van der Waals surface area contributed by atoms with Gasteiger partial charge in [-0.15, -0.1) is 0 Å². The number of aromatic carboxylic acids is 1. The van der Waals surface area contributed by atoms with Gasteiger partial charge in [-0.2, -0.15) is 5.26 Å². The molecular weight excluding hydrogens is 379 g/mol. The first kappa shape index (κ1) is 19.2. The quantitative estimate of drug-likeness (QED) is 0.447. The van der Waals surface area contributed by atoms with Gasteiger partial charge in [0.05, 0.1) is 17.2 Å². The molecule has 1 N–H and O–H groups in total. The summed E-state index contributed by atoms with van der Waals surface area (Å²) in [4.78, 5) is 11.3. The Morgan fingerprint density at radius 3 is 2.57 bits per heavy atom. The van der Waals surface area contributed by atoms with Gasteiger partial charge >= 0.3 is 5.97 Å². The van der Waals surface area contributed by atoms with Crippen molar-refractivity contribution in [1.29, 1.82) is 5.26 Å². The van der Waals surface area contributed by atoms with Gasteiger partial charge in [-0.1, -0.05) is 42.5 Å². The monoisotopic (exact) mass is 396 g/mol. The van der Waals surface area contributed by atoms with E-state index in [1.807, 2.05) is 41.1 Å². The number of fused-ring (bicyclic) bond motifs is 1. The van der Waals surface area contributed by atoms with Crippen molar-refractivity contribution in [2.24, 2.45) is 0 Å². The predicted octanol–water partition coefficient (Wildman–Crippen LogP) is 5.59. The summed E-state index contributed by atoms with van der Waals surface area (Å²) in [5.41, 5.74) is 3.77. The zero-order chi connectivity index (χ0) is 21.1. The third-order valence-corrected chi connectivity index (χ3v) is 4.90. The summed E-state index contributed by atoms with van der Waals surface area (Å²) >= 11 is 0. The smallest absolute Gasteiger partial charge is 0.335 e. The molecule has 4 nitrogen and oxygen atoms in total. The van der Waals surface area contributed by atoms with Gasteiger partial charge in [0, 0.05) is 29.2 Å². The second-order valence-corrected chi connectivity index (χ2v) is 6.92. The number of rotatable bonds is 5. The van der Waals surface area contributed by atoms with Crippen LogP contribution in [0, 0.1) is 17.1 Å². The Morgan fingerprint density at radius 1 is 1.03 bits per heavy atom. The predicted molar refractivity (Wildman–Crippen MR) is 114 cm³/mol. The number of carboxylic acid groups (broad SMARTS) is 1. The molecular formula is C25H17FN2O2. The van der Waals surface area contributed by atoms with Crippen LogP contribution in [0.1, 0.15) is 27.0 Å². The molecule has 0 unspecified atom stereocenters. The van der Waals surface area contributed by atoms with E-state index in [-0.39, 0.29) is 5.56 Å². The molecule has 0 saturated carbocycles. The van der Waals surface area contributed by atoms with Crippen molar-refractivity contribution in [2.45, 2.75) is 6.54 Å². The number of para-hydroxylation sites is 1. The number of aromatic nitrogens is 1. The first-order chi connectivity index (χ1) is 14.5. The molecule has 4 aromatic rings. The van der Waals surface area contributed by atoms with Crippen LogP contribution in [0.5, 0.6) is 0 Å². The molecule has 0 saturated heterocycles. The minimum Gasteiger partial charge on any atom is -0.478 e. The number of hydrogen-bond acceptors (Lipinski definition) is 2. The lowest BCUT2D eigenvalue weighted by Crippen LogP contribution is -2.01. The number of carbonyl (C=O) groups is 1. The van der Waals surface area contributed by atoms with Crippen molar-refractivity contribution in [3.8, 4) is 6.07 Å². The Balaban J connectivity index is 1.79. The van der Waals surface area contributed by atoms with E-state index in [2.05, 4.69) is 6.07 Å². The van der Waals surface area contributed by atoms with E-state index in [1.54, 1.807) is 36.4 Å². The molecule has 30 heavy (non-hydrogen) atoms. The van der Waals surface area contributed by atoms with Crippen LogP contribution in [-0.4, -0.2) is 15.6 Å². The highest BCUT2D eigenvalue weighted by Crippen LogP contribution is 2.27. The molecule has 0 spiro atoms. The van der Waals surface area contributed by atoms with Gasteiger partial charge in [0.1, 0.15) is 5.82 Å². The van der Waals surface area contributed by atoms with E-state index < -0.39 is 11.8 Å².